The molecule has 0 aliphatic carbocycles. The first kappa shape index (κ1) is 17.7. The largest absolute Gasteiger partial charge is 0.493 e. The lowest BCUT2D eigenvalue weighted by atomic mass is 9.97. The Morgan fingerprint density at radius 1 is 1.24 bits per heavy atom. The number of fused-ring (bicyclic) bond motifs is 1. The molecule has 1 atom stereocenters. The summed E-state index contributed by atoms with van der Waals surface area (Å²) in [5, 5.41) is 3.12. The normalized spacial score (nSPS) is 21.1. The molecule has 2 heterocycles. The monoisotopic (exact) mass is 346 g/mol. The van der Waals surface area contributed by atoms with E-state index in [2.05, 4.69) is 10.2 Å². The highest BCUT2D eigenvalue weighted by Gasteiger charge is 2.28. The molecule has 25 heavy (non-hydrogen) atoms. The SMILES string of the molecule is CCOC(=O)C1CCN(CC(=O)NC2CCOc3ccccc32)CC1. The van der Waals surface area contributed by atoms with E-state index in [0.29, 0.717) is 19.8 Å². The third kappa shape index (κ3) is 4.51. The van der Waals surface area contributed by atoms with Gasteiger partial charge in [-0.15, -0.1) is 0 Å². The highest BCUT2D eigenvalue weighted by Crippen LogP contribution is 2.31. The topological polar surface area (TPSA) is 67.9 Å². The molecule has 1 fully saturated rings. The molecule has 0 saturated carbocycles. The third-order valence-corrected chi connectivity index (χ3v) is 4.87. The van der Waals surface area contributed by atoms with E-state index in [4.69, 9.17) is 9.47 Å². The summed E-state index contributed by atoms with van der Waals surface area (Å²) < 4.78 is 10.7. The van der Waals surface area contributed by atoms with Gasteiger partial charge in [-0.3, -0.25) is 14.5 Å². The van der Waals surface area contributed by atoms with Crippen molar-refractivity contribution in [2.75, 3.05) is 32.8 Å². The number of piperidine rings is 1. The summed E-state index contributed by atoms with van der Waals surface area (Å²) in [6, 6.07) is 7.86. The number of esters is 1. The molecule has 136 valence electrons. The van der Waals surface area contributed by atoms with Gasteiger partial charge < -0.3 is 14.8 Å². The van der Waals surface area contributed by atoms with Gasteiger partial charge >= 0.3 is 5.97 Å². The molecule has 6 heteroatoms. The van der Waals surface area contributed by atoms with E-state index in [1.807, 2.05) is 31.2 Å². The van der Waals surface area contributed by atoms with Crippen LogP contribution in [0.1, 0.15) is 37.8 Å². The maximum absolute atomic E-state index is 12.4. The van der Waals surface area contributed by atoms with Crippen LogP contribution in [0.2, 0.25) is 0 Å². The Morgan fingerprint density at radius 3 is 2.76 bits per heavy atom. The molecule has 2 aliphatic rings. The van der Waals surface area contributed by atoms with Crippen LogP contribution in [0.4, 0.5) is 0 Å². The smallest absolute Gasteiger partial charge is 0.309 e. The van der Waals surface area contributed by atoms with Crippen LogP contribution in [0.3, 0.4) is 0 Å². The maximum Gasteiger partial charge on any atom is 0.309 e. The molecule has 1 N–H and O–H groups in total. The average molecular weight is 346 g/mol. The summed E-state index contributed by atoms with van der Waals surface area (Å²) in [7, 11) is 0. The van der Waals surface area contributed by atoms with Crippen LogP contribution in [0.5, 0.6) is 5.75 Å². The zero-order valence-electron chi connectivity index (χ0n) is 14.7. The molecule has 0 bridgehead atoms. The number of para-hydroxylation sites is 1. The van der Waals surface area contributed by atoms with Crippen molar-refractivity contribution < 1.29 is 19.1 Å². The Hall–Kier alpha value is -2.08. The summed E-state index contributed by atoms with van der Waals surface area (Å²) in [6.45, 7) is 4.74. The number of ether oxygens (including phenoxy) is 2. The summed E-state index contributed by atoms with van der Waals surface area (Å²) >= 11 is 0. The maximum atomic E-state index is 12.4. The second-order valence-electron chi connectivity index (χ2n) is 6.60. The Morgan fingerprint density at radius 2 is 2.00 bits per heavy atom. The van der Waals surface area contributed by atoms with Crippen molar-refractivity contribution in [1.82, 2.24) is 10.2 Å². The fourth-order valence-corrected chi connectivity index (χ4v) is 3.52. The number of likely N-dealkylation sites (tertiary alicyclic amines) is 1. The number of amides is 1. The van der Waals surface area contributed by atoms with Gasteiger partial charge in [0.1, 0.15) is 5.75 Å². The van der Waals surface area contributed by atoms with Crippen LogP contribution in [0.15, 0.2) is 24.3 Å². The van der Waals surface area contributed by atoms with Gasteiger partial charge in [0, 0.05) is 12.0 Å². The fourth-order valence-electron chi connectivity index (χ4n) is 3.52. The molecule has 0 aromatic heterocycles. The van der Waals surface area contributed by atoms with Crippen molar-refractivity contribution in [3.8, 4) is 5.75 Å². The molecule has 1 unspecified atom stereocenters. The number of carbonyl (C=O) groups excluding carboxylic acids is 2. The molecule has 0 radical (unpaired) electrons. The van der Waals surface area contributed by atoms with Gasteiger partial charge in [-0.05, 0) is 38.9 Å². The van der Waals surface area contributed by atoms with E-state index in [1.165, 1.54) is 0 Å². The number of hydrogen-bond acceptors (Lipinski definition) is 5. The van der Waals surface area contributed by atoms with E-state index in [9.17, 15) is 9.59 Å². The molecule has 1 saturated heterocycles. The Bertz CT molecular complexity index is 611. The second-order valence-corrected chi connectivity index (χ2v) is 6.60. The number of carbonyl (C=O) groups is 2. The molecule has 1 aromatic carbocycles. The number of nitrogens with zero attached hydrogens (tertiary/aromatic N) is 1. The Labute approximate surface area is 148 Å². The van der Waals surface area contributed by atoms with Crippen LogP contribution in [-0.4, -0.2) is 49.6 Å². The predicted molar refractivity (Wildman–Crippen MR) is 93.2 cm³/mol. The fraction of sp³-hybridized carbons (Fsp3) is 0.579. The van der Waals surface area contributed by atoms with Gasteiger partial charge in [-0.2, -0.15) is 0 Å². The lowest BCUT2D eigenvalue weighted by molar-refractivity contribution is -0.149. The van der Waals surface area contributed by atoms with E-state index < -0.39 is 0 Å². The van der Waals surface area contributed by atoms with Crippen LogP contribution in [-0.2, 0) is 14.3 Å². The Balaban J connectivity index is 1.47. The molecular weight excluding hydrogens is 320 g/mol. The lowest BCUT2D eigenvalue weighted by Crippen LogP contribution is -2.44. The zero-order valence-corrected chi connectivity index (χ0v) is 14.7. The molecule has 1 aromatic rings. The van der Waals surface area contributed by atoms with Gasteiger partial charge in [0.05, 0.1) is 31.7 Å². The molecule has 3 rings (SSSR count). The van der Waals surface area contributed by atoms with Gasteiger partial charge in [0.2, 0.25) is 5.91 Å². The van der Waals surface area contributed by atoms with Crippen molar-refractivity contribution in [2.24, 2.45) is 5.92 Å². The quantitative estimate of drug-likeness (QED) is 0.825. The van der Waals surface area contributed by atoms with E-state index in [1.54, 1.807) is 0 Å². The summed E-state index contributed by atoms with van der Waals surface area (Å²) in [5.41, 5.74) is 1.04. The Kier molecular flexibility index (Phi) is 5.91. The number of rotatable bonds is 5. The molecule has 0 spiro atoms. The standard InChI is InChI=1S/C19H26N2O4/c1-2-24-19(23)14-7-10-21(11-8-14)13-18(22)20-16-9-12-25-17-6-4-3-5-15(16)17/h3-6,14,16H,2,7-13H2,1H3,(H,20,22). The second kappa shape index (κ2) is 8.34. The van der Waals surface area contributed by atoms with Crippen LogP contribution >= 0.6 is 0 Å². The van der Waals surface area contributed by atoms with Gasteiger partial charge in [-0.1, -0.05) is 18.2 Å². The van der Waals surface area contributed by atoms with Gasteiger partial charge in [-0.25, -0.2) is 0 Å². The van der Waals surface area contributed by atoms with Crippen molar-refractivity contribution >= 4 is 11.9 Å². The van der Waals surface area contributed by atoms with Crippen molar-refractivity contribution in [2.45, 2.75) is 32.2 Å². The van der Waals surface area contributed by atoms with Crippen LogP contribution in [0, 0.1) is 5.92 Å². The van der Waals surface area contributed by atoms with Crippen molar-refractivity contribution in [3.63, 3.8) is 0 Å². The lowest BCUT2D eigenvalue weighted by Gasteiger charge is -2.31. The number of benzene rings is 1. The van der Waals surface area contributed by atoms with Gasteiger partial charge in [0.15, 0.2) is 0 Å². The van der Waals surface area contributed by atoms with E-state index >= 15 is 0 Å². The summed E-state index contributed by atoms with van der Waals surface area (Å²) in [5.74, 6) is 0.748. The third-order valence-electron chi connectivity index (χ3n) is 4.87. The average Bonchev–Trinajstić information content (AvgIpc) is 2.63. The molecule has 2 aliphatic heterocycles. The molecule has 6 nitrogen and oxygen atoms in total. The van der Waals surface area contributed by atoms with Crippen molar-refractivity contribution in [1.29, 1.82) is 0 Å². The van der Waals surface area contributed by atoms with Crippen LogP contribution < -0.4 is 10.1 Å². The van der Waals surface area contributed by atoms with E-state index in [-0.39, 0.29) is 23.8 Å². The van der Waals surface area contributed by atoms with Crippen molar-refractivity contribution in [3.05, 3.63) is 29.8 Å². The molecular formula is C19H26N2O4. The highest BCUT2D eigenvalue weighted by atomic mass is 16.5. The minimum atomic E-state index is -0.106. The zero-order chi connectivity index (χ0) is 17.6. The summed E-state index contributed by atoms with van der Waals surface area (Å²) in [4.78, 5) is 26.3. The summed E-state index contributed by atoms with van der Waals surface area (Å²) in [6.07, 6.45) is 2.30. The van der Waals surface area contributed by atoms with E-state index in [0.717, 1.165) is 43.7 Å². The van der Waals surface area contributed by atoms with Crippen LogP contribution in [0.25, 0.3) is 0 Å². The predicted octanol–water partition coefficient (Wildman–Crippen LogP) is 1.90. The number of nitrogens with one attached hydrogen (secondary N) is 1. The first-order valence-corrected chi connectivity index (χ1v) is 9.07. The highest BCUT2D eigenvalue weighted by molar-refractivity contribution is 5.79. The number of hydrogen-bond donors (Lipinski definition) is 1. The van der Waals surface area contributed by atoms with Gasteiger partial charge in [0.25, 0.3) is 0 Å². The first-order valence-electron chi connectivity index (χ1n) is 9.07. The first-order chi connectivity index (χ1) is 12.2. The minimum absolute atomic E-state index is 0.00882. The molecule has 1 amide bonds. The minimum Gasteiger partial charge on any atom is -0.493 e.